The van der Waals surface area contributed by atoms with Crippen molar-refractivity contribution in [2.45, 2.75) is 4.93 Å². The van der Waals surface area contributed by atoms with E-state index in [0.29, 0.717) is 11.5 Å². The number of nitrogens with zero attached hydrogens (tertiary/aromatic N) is 1. The number of hydrogen-bond acceptors (Lipinski definition) is 6. The third-order valence-corrected chi connectivity index (χ3v) is 4.99. The number of carboxylic acids is 1. The first-order valence-corrected chi connectivity index (χ1v) is 8.66. The molecule has 25 heavy (non-hydrogen) atoms. The summed E-state index contributed by atoms with van der Waals surface area (Å²) in [4.78, 5) is 9.97. The molecular formula is C18H17NO5S. The molecule has 0 fully saturated rings. The number of carboxylic acid groups (broad SMARTS) is 1. The van der Waals surface area contributed by atoms with Gasteiger partial charge in [0.05, 0.1) is 6.61 Å². The zero-order chi connectivity index (χ0) is 17.7. The lowest BCUT2D eigenvalue weighted by Gasteiger charge is -2.25. The van der Waals surface area contributed by atoms with E-state index in [4.69, 9.17) is 14.7 Å². The minimum Gasteiger partial charge on any atom is -0.491 e. The number of hydrogen-bond donors (Lipinski definition) is 2. The highest BCUT2D eigenvalue weighted by atomic mass is 32.2. The Balaban J connectivity index is 1.61. The fraction of sp³-hybridized carbons (Fsp3) is 0.222. The van der Waals surface area contributed by atoms with Gasteiger partial charge in [-0.3, -0.25) is 0 Å². The van der Waals surface area contributed by atoms with Crippen molar-refractivity contribution in [1.29, 1.82) is 0 Å². The van der Waals surface area contributed by atoms with Crippen LogP contribution in [-0.4, -0.2) is 45.9 Å². The molecule has 1 aliphatic rings. The molecule has 0 amide bonds. The Labute approximate surface area is 148 Å². The van der Waals surface area contributed by atoms with Crippen LogP contribution in [-0.2, 0) is 9.53 Å². The molecular weight excluding hydrogens is 342 g/mol. The van der Waals surface area contributed by atoms with Gasteiger partial charge in [-0.05, 0) is 29.0 Å². The lowest BCUT2D eigenvalue weighted by molar-refractivity contribution is -0.130. The van der Waals surface area contributed by atoms with Crippen molar-refractivity contribution in [2.75, 3.05) is 19.0 Å². The Morgan fingerprint density at radius 2 is 2.00 bits per heavy atom. The summed E-state index contributed by atoms with van der Waals surface area (Å²) in [6.45, 7) is 0.392. The van der Waals surface area contributed by atoms with Crippen molar-refractivity contribution in [3.05, 3.63) is 54.6 Å². The second-order valence-electron chi connectivity index (χ2n) is 5.34. The van der Waals surface area contributed by atoms with E-state index >= 15 is 0 Å². The monoisotopic (exact) mass is 359 g/mol. The highest BCUT2D eigenvalue weighted by molar-refractivity contribution is 8.02. The predicted octanol–water partition coefficient (Wildman–Crippen LogP) is 3.15. The summed E-state index contributed by atoms with van der Waals surface area (Å²) in [5, 5.41) is 23.3. The zero-order valence-electron chi connectivity index (χ0n) is 13.3. The van der Waals surface area contributed by atoms with Crippen LogP contribution in [0.4, 0.5) is 0 Å². The van der Waals surface area contributed by atoms with Crippen LogP contribution in [0, 0.1) is 0 Å². The van der Waals surface area contributed by atoms with Crippen molar-refractivity contribution in [3.63, 3.8) is 0 Å². The Morgan fingerprint density at radius 3 is 2.68 bits per heavy atom. The standard InChI is InChI=1S/C18H17NO5S/c20-17(21)16(19-22)18(8-3-11-25-18)24-10-9-23-15-7-6-13-4-1-2-5-14(13)12-15/h1-8,12,22H,9-11H2,(H,20,21)/b19-16-. The van der Waals surface area contributed by atoms with Crippen LogP contribution < -0.4 is 4.74 Å². The molecule has 130 valence electrons. The fourth-order valence-corrected chi connectivity index (χ4v) is 3.66. The Bertz CT molecular complexity index is 835. The van der Waals surface area contributed by atoms with Gasteiger partial charge in [0.15, 0.2) is 4.93 Å². The Kier molecular flexibility index (Phi) is 5.25. The first kappa shape index (κ1) is 17.3. The van der Waals surface area contributed by atoms with Crippen molar-refractivity contribution in [3.8, 4) is 5.75 Å². The SMILES string of the molecule is O=C(O)/C(=N/O)C1(OCCOc2ccc3ccccc3c2)C=CCS1. The van der Waals surface area contributed by atoms with Crippen molar-refractivity contribution in [1.82, 2.24) is 0 Å². The fourth-order valence-electron chi connectivity index (χ4n) is 2.60. The first-order chi connectivity index (χ1) is 12.1. The first-order valence-electron chi connectivity index (χ1n) is 7.68. The van der Waals surface area contributed by atoms with Crippen LogP contribution in [0.15, 0.2) is 59.8 Å². The second-order valence-corrected chi connectivity index (χ2v) is 6.57. The van der Waals surface area contributed by atoms with Crippen LogP contribution in [0.3, 0.4) is 0 Å². The molecule has 1 heterocycles. The van der Waals surface area contributed by atoms with E-state index in [0.717, 1.165) is 10.8 Å². The molecule has 0 aromatic heterocycles. The molecule has 3 rings (SSSR count). The summed E-state index contributed by atoms with van der Waals surface area (Å²) in [6, 6.07) is 13.8. The molecule has 0 bridgehead atoms. The topological polar surface area (TPSA) is 88.4 Å². The highest BCUT2D eigenvalue weighted by Crippen LogP contribution is 2.35. The largest absolute Gasteiger partial charge is 0.491 e. The van der Waals surface area contributed by atoms with E-state index in [1.807, 2.05) is 42.5 Å². The summed E-state index contributed by atoms with van der Waals surface area (Å²) in [7, 11) is 0. The molecule has 0 aliphatic carbocycles. The van der Waals surface area contributed by atoms with Gasteiger partial charge in [-0.25, -0.2) is 4.79 Å². The van der Waals surface area contributed by atoms with Crippen molar-refractivity contribution < 1.29 is 24.6 Å². The molecule has 0 saturated heterocycles. The van der Waals surface area contributed by atoms with E-state index in [2.05, 4.69) is 5.16 Å². The quantitative estimate of drug-likeness (QED) is 0.260. The minimum absolute atomic E-state index is 0.149. The molecule has 0 saturated carbocycles. The van der Waals surface area contributed by atoms with E-state index in [9.17, 15) is 9.90 Å². The zero-order valence-corrected chi connectivity index (χ0v) is 14.1. The van der Waals surface area contributed by atoms with Gasteiger partial charge in [-0.2, -0.15) is 0 Å². The number of carbonyl (C=O) groups is 1. The second kappa shape index (κ2) is 7.58. The van der Waals surface area contributed by atoms with Crippen LogP contribution in [0.1, 0.15) is 0 Å². The van der Waals surface area contributed by atoms with Crippen molar-refractivity contribution >= 4 is 34.2 Å². The van der Waals surface area contributed by atoms with E-state index in [1.165, 1.54) is 11.8 Å². The average molecular weight is 359 g/mol. The van der Waals surface area contributed by atoms with Crippen LogP contribution in [0.25, 0.3) is 10.8 Å². The minimum atomic E-state index is -1.32. The summed E-state index contributed by atoms with van der Waals surface area (Å²) in [5.74, 6) is -0.0325. The van der Waals surface area contributed by atoms with Crippen LogP contribution in [0.2, 0.25) is 0 Å². The maximum atomic E-state index is 11.3. The number of oxime groups is 1. The van der Waals surface area contributed by atoms with Crippen LogP contribution >= 0.6 is 11.8 Å². The molecule has 1 unspecified atom stereocenters. The lowest BCUT2D eigenvalue weighted by Crippen LogP contribution is -2.41. The third kappa shape index (κ3) is 3.78. The summed E-state index contributed by atoms with van der Waals surface area (Å²) < 4.78 is 11.4. The normalized spacial score (nSPS) is 20.1. The van der Waals surface area contributed by atoms with Gasteiger partial charge in [-0.15, -0.1) is 11.8 Å². The summed E-state index contributed by atoms with van der Waals surface area (Å²) in [5.41, 5.74) is -0.447. The molecule has 0 spiro atoms. The highest BCUT2D eigenvalue weighted by Gasteiger charge is 2.42. The number of thioether (sulfide) groups is 1. The number of aliphatic carboxylic acids is 1. The van der Waals surface area contributed by atoms with Gasteiger partial charge in [0.1, 0.15) is 12.4 Å². The van der Waals surface area contributed by atoms with Gasteiger partial charge in [0, 0.05) is 5.75 Å². The smallest absolute Gasteiger partial charge is 0.358 e. The number of fused-ring (bicyclic) bond motifs is 1. The molecule has 1 aliphatic heterocycles. The number of ether oxygens (including phenoxy) is 2. The third-order valence-electron chi connectivity index (χ3n) is 3.75. The summed E-state index contributed by atoms with van der Waals surface area (Å²) in [6.07, 6.45) is 3.37. The summed E-state index contributed by atoms with van der Waals surface area (Å²) >= 11 is 1.24. The molecule has 2 aromatic carbocycles. The maximum absolute atomic E-state index is 11.3. The predicted molar refractivity (Wildman–Crippen MR) is 96.6 cm³/mol. The van der Waals surface area contributed by atoms with E-state index in [-0.39, 0.29) is 13.2 Å². The van der Waals surface area contributed by atoms with Gasteiger partial charge in [-0.1, -0.05) is 41.6 Å². The van der Waals surface area contributed by atoms with Gasteiger partial charge in [0.25, 0.3) is 0 Å². The molecule has 1 atom stereocenters. The molecule has 2 N–H and O–H groups in total. The van der Waals surface area contributed by atoms with E-state index < -0.39 is 16.6 Å². The van der Waals surface area contributed by atoms with E-state index in [1.54, 1.807) is 12.2 Å². The number of rotatable bonds is 7. The van der Waals surface area contributed by atoms with Gasteiger partial charge in [0.2, 0.25) is 5.71 Å². The lowest BCUT2D eigenvalue weighted by atomic mass is 10.1. The van der Waals surface area contributed by atoms with Crippen molar-refractivity contribution in [2.24, 2.45) is 5.16 Å². The molecule has 2 aromatic rings. The maximum Gasteiger partial charge on any atom is 0.358 e. The Morgan fingerprint density at radius 1 is 1.20 bits per heavy atom. The van der Waals surface area contributed by atoms with Gasteiger partial charge >= 0.3 is 5.97 Å². The molecule has 0 radical (unpaired) electrons. The average Bonchev–Trinajstić information content (AvgIpc) is 3.08. The number of benzene rings is 2. The Hall–Kier alpha value is -2.51. The van der Waals surface area contributed by atoms with Gasteiger partial charge < -0.3 is 19.8 Å². The molecule has 6 nitrogen and oxygen atoms in total. The van der Waals surface area contributed by atoms with Crippen LogP contribution in [0.5, 0.6) is 5.75 Å². The molecule has 7 heteroatoms.